The van der Waals surface area contributed by atoms with E-state index in [-0.39, 0.29) is 23.9 Å². The van der Waals surface area contributed by atoms with Crippen molar-refractivity contribution in [2.24, 2.45) is 0 Å². The van der Waals surface area contributed by atoms with Crippen LogP contribution in [-0.2, 0) is 0 Å². The average Bonchev–Trinajstić information content (AvgIpc) is 2.92. The minimum absolute atomic E-state index is 0.224. The molecule has 0 saturated heterocycles. The van der Waals surface area contributed by atoms with Crippen LogP contribution < -0.4 is 10.1 Å². The molecule has 0 aromatic carbocycles. The number of carbonyl (C=O) groups excluding carboxylic acids is 1. The number of nitrogens with zero attached hydrogens (tertiary/aromatic N) is 3. The third kappa shape index (κ3) is 3.24. The van der Waals surface area contributed by atoms with Gasteiger partial charge in [0, 0.05) is 23.7 Å². The lowest BCUT2D eigenvalue weighted by atomic mass is 9.96. The molecule has 7 heteroatoms. The highest BCUT2D eigenvalue weighted by Crippen LogP contribution is 2.24. The van der Waals surface area contributed by atoms with Gasteiger partial charge < -0.3 is 4.74 Å². The molecule has 0 atom stereocenters. The van der Waals surface area contributed by atoms with Crippen molar-refractivity contribution in [3.8, 4) is 5.88 Å². The topological polar surface area (TPSA) is 92.8 Å². The Hall–Kier alpha value is -2.44. The van der Waals surface area contributed by atoms with Crippen molar-refractivity contribution in [1.29, 1.82) is 0 Å². The third-order valence-electron chi connectivity index (χ3n) is 3.61. The van der Waals surface area contributed by atoms with Gasteiger partial charge in [0.2, 0.25) is 11.8 Å². The van der Waals surface area contributed by atoms with E-state index in [1.54, 1.807) is 18.3 Å². The van der Waals surface area contributed by atoms with E-state index in [0.29, 0.717) is 11.4 Å². The number of nitrogens with one attached hydrogen (secondary N) is 2. The van der Waals surface area contributed by atoms with Gasteiger partial charge in [-0.15, -0.1) is 5.10 Å². The zero-order chi connectivity index (χ0) is 15.5. The first-order valence-electron chi connectivity index (χ1n) is 7.48. The molecule has 2 N–H and O–H groups in total. The van der Waals surface area contributed by atoms with E-state index < -0.39 is 0 Å². The third-order valence-corrected chi connectivity index (χ3v) is 3.61. The van der Waals surface area contributed by atoms with Crippen molar-refractivity contribution in [2.75, 3.05) is 5.32 Å². The molecule has 0 spiro atoms. The van der Waals surface area contributed by atoms with Crippen molar-refractivity contribution in [2.45, 2.75) is 45.1 Å². The van der Waals surface area contributed by atoms with Gasteiger partial charge in [0.15, 0.2) is 0 Å². The predicted octanol–water partition coefficient (Wildman–Crippen LogP) is 2.51. The van der Waals surface area contributed by atoms with Crippen molar-refractivity contribution in [3.05, 3.63) is 29.7 Å². The molecule has 2 heterocycles. The summed E-state index contributed by atoms with van der Waals surface area (Å²) in [6, 6.07) is 3.28. The van der Waals surface area contributed by atoms with Crippen LogP contribution in [0.15, 0.2) is 18.3 Å². The van der Waals surface area contributed by atoms with Crippen LogP contribution in [0.2, 0.25) is 0 Å². The van der Waals surface area contributed by atoms with Gasteiger partial charge in [0.25, 0.3) is 5.91 Å². The number of amides is 1. The predicted molar refractivity (Wildman–Crippen MR) is 80.9 cm³/mol. The Morgan fingerprint density at radius 3 is 2.91 bits per heavy atom. The minimum atomic E-state index is -0.282. The summed E-state index contributed by atoms with van der Waals surface area (Å²) < 4.78 is 5.70. The van der Waals surface area contributed by atoms with Gasteiger partial charge in [-0.1, -0.05) is 13.8 Å². The molecule has 2 aromatic heterocycles. The maximum absolute atomic E-state index is 12.2. The van der Waals surface area contributed by atoms with E-state index in [9.17, 15) is 4.79 Å². The summed E-state index contributed by atoms with van der Waals surface area (Å²) in [6.45, 7) is 4.00. The fraction of sp³-hybridized carbons (Fsp3) is 0.467. The van der Waals surface area contributed by atoms with Crippen molar-refractivity contribution >= 4 is 11.9 Å². The summed E-state index contributed by atoms with van der Waals surface area (Å²) >= 11 is 0. The van der Waals surface area contributed by atoms with Crippen LogP contribution in [0.1, 0.15) is 55.2 Å². The lowest BCUT2D eigenvalue weighted by Gasteiger charge is -2.25. The molecule has 0 bridgehead atoms. The van der Waals surface area contributed by atoms with Crippen LogP contribution in [0.5, 0.6) is 5.88 Å². The molecule has 2 aromatic rings. The largest absolute Gasteiger partial charge is 0.474 e. The number of rotatable bonds is 5. The van der Waals surface area contributed by atoms with Crippen LogP contribution in [0.3, 0.4) is 0 Å². The number of hydrogen-bond acceptors (Lipinski definition) is 5. The normalized spacial score (nSPS) is 14.7. The Kier molecular flexibility index (Phi) is 4.04. The number of aromatic nitrogens is 4. The molecule has 1 aliphatic carbocycles. The summed E-state index contributed by atoms with van der Waals surface area (Å²) in [4.78, 5) is 20.6. The average molecular weight is 301 g/mol. The molecule has 0 radical (unpaired) electrons. The zero-order valence-electron chi connectivity index (χ0n) is 12.7. The quantitative estimate of drug-likeness (QED) is 0.885. The number of pyridine rings is 1. The summed E-state index contributed by atoms with van der Waals surface area (Å²) in [6.07, 6.45) is 5.09. The molecular formula is C15H19N5O2. The van der Waals surface area contributed by atoms with Crippen LogP contribution in [-0.4, -0.2) is 32.2 Å². The second-order valence-corrected chi connectivity index (χ2v) is 5.71. The van der Waals surface area contributed by atoms with Gasteiger partial charge in [-0.25, -0.2) is 4.98 Å². The van der Waals surface area contributed by atoms with Gasteiger partial charge in [-0.05, 0) is 25.3 Å². The Morgan fingerprint density at radius 1 is 1.45 bits per heavy atom. The number of H-pyrrole nitrogens is 1. The number of carbonyl (C=O) groups is 1. The first kappa shape index (κ1) is 14.5. The van der Waals surface area contributed by atoms with E-state index in [4.69, 9.17) is 4.74 Å². The van der Waals surface area contributed by atoms with E-state index in [0.717, 1.165) is 18.7 Å². The highest BCUT2D eigenvalue weighted by Gasteiger charge is 2.20. The zero-order valence-corrected chi connectivity index (χ0v) is 12.7. The van der Waals surface area contributed by atoms with E-state index >= 15 is 0 Å². The fourth-order valence-electron chi connectivity index (χ4n) is 2.04. The highest BCUT2D eigenvalue weighted by atomic mass is 16.5. The molecule has 7 nitrogen and oxygen atoms in total. The molecule has 3 rings (SSSR count). The first-order chi connectivity index (χ1) is 10.6. The van der Waals surface area contributed by atoms with Crippen LogP contribution in [0.4, 0.5) is 5.95 Å². The maximum atomic E-state index is 12.2. The Bertz CT molecular complexity index is 663. The number of aromatic amines is 1. The van der Waals surface area contributed by atoms with E-state index in [2.05, 4.69) is 25.5 Å². The lowest BCUT2D eigenvalue weighted by Crippen LogP contribution is -2.25. The van der Waals surface area contributed by atoms with E-state index in [1.165, 1.54) is 6.42 Å². The Balaban J connectivity index is 1.66. The van der Waals surface area contributed by atoms with Crippen LogP contribution in [0, 0.1) is 0 Å². The van der Waals surface area contributed by atoms with Gasteiger partial charge in [0.1, 0.15) is 11.9 Å². The highest BCUT2D eigenvalue weighted by molar-refractivity contribution is 6.03. The summed E-state index contributed by atoms with van der Waals surface area (Å²) in [5.74, 6) is 1.43. The molecule has 22 heavy (non-hydrogen) atoms. The molecule has 0 aliphatic heterocycles. The SMILES string of the molecule is CC(C)c1nc(NC(=O)c2ccnc(OC3CCC3)c2)n[nH]1. The molecule has 116 valence electrons. The lowest BCUT2D eigenvalue weighted by molar-refractivity contribution is 0.101. The molecular weight excluding hydrogens is 282 g/mol. The van der Waals surface area contributed by atoms with E-state index in [1.807, 2.05) is 13.8 Å². The van der Waals surface area contributed by atoms with Gasteiger partial charge in [-0.3, -0.25) is 15.2 Å². The van der Waals surface area contributed by atoms with Crippen molar-refractivity contribution < 1.29 is 9.53 Å². The Labute approximate surface area is 128 Å². The van der Waals surface area contributed by atoms with Gasteiger partial charge in [-0.2, -0.15) is 4.98 Å². The van der Waals surface area contributed by atoms with Crippen LogP contribution in [0.25, 0.3) is 0 Å². The summed E-state index contributed by atoms with van der Waals surface area (Å²) in [5, 5.41) is 9.45. The second kappa shape index (κ2) is 6.13. The fourth-order valence-corrected chi connectivity index (χ4v) is 2.04. The summed E-state index contributed by atoms with van der Waals surface area (Å²) in [5.41, 5.74) is 0.472. The molecule has 1 amide bonds. The molecule has 1 aliphatic rings. The number of ether oxygens (including phenoxy) is 1. The molecule has 0 unspecified atom stereocenters. The van der Waals surface area contributed by atoms with Gasteiger partial charge >= 0.3 is 0 Å². The Morgan fingerprint density at radius 2 is 2.27 bits per heavy atom. The van der Waals surface area contributed by atoms with Crippen molar-refractivity contribution in [1.82, 2.24) is 20.2 Å². The molecule has 1 saturated carbocycles. The standard InChI is InChI=1S/C15H19N5O2/c1-9(2)13-17-15(20-19-13)18-14(21)10-6-7-16-12(8-10)22-11-4-3-5-11/h6-9,11H,3-5H2,1-2H3,(H2,17,18,19,20,21). The summed E-state index contributed by atoms with van der Waals surface area (Å²) in [7, 11) is 0. The monoisotopic (exact) mass is 301 g/mol. The second-order valence-electron chi connectivity index (χ2n) is 5.71. The van der Waals surface area contributed by atoms with Crippen molar-refractivity contribution in [3.63, 3.8) is 0 Å². The minimum Gasteiger partial charge on any atom is -0.474 e. The first-order valence-corrected chi connectivity index (χ1v) is 7.48. The van der Waals surface area contributed by atoms with Gasteiger partial charge in [0.05, 0.1) is 0 Å². The smallest absolute Gasteiger partial charge is 0.258 e. The maximum Gasteiger partial charge on any atom is 0.258 e. The number of hydrogen-bond donors (Lipinski definition) is 2. The number of anilines is 1. The van der Waals surface area contributed by atoms with Crippen LogP contribution >= 0.6 is 0 Å². The molecule has 1 fully saturated rings.